The largest absolute Gasteiger partial charge is 0.491 e. The van der Waals surface area contributed by atoms with E-state index >= 15 is 0 Å². The number of aromatic nitrogens is 1. The number of amides is 3. The molecule has 1 aliphatic heterocycles. The average Bonchev–Trinajstić information content (AvgIpc) is 3.74. The predicted octanol–water partition coefficient (Wildman–Crippen LogP) is 3.21. The van der Waals surface area contributed by atoms with Gasteiger partial charge in [0.1, 0.15) is 24.4 Å². The number of carbonyl (C=O) groups excluding carboxylic acids is 3. The van der Waals surface area contributed by atoms with Crippen LogP contribution in [0.3, 0.4) is 0 Å². The molecule has 1 saturated heterocycles. The smallest absolute Gasteiger partial charge is 0.246 e. The van der Waals surface area contributed by atoms with E-state index in [-0.39, 0.29) is 44.4 Å². The Morgan fingerprint density at radius 1 is 0.981 bits per heavy atom. The topological polar surface area (TPSA) is 175 Å². The van der Waals surface area contributed by atoms with Crippen LogP contribution in [0.2, 0.25) is 0 Å². The number of likely N-dealkylation sites (tertiary alicyclic amines) is 1. The third-order valence-electron chi connectivity index (χ3n) is 8.56. The molecule has 14 heteroatoms. The number of ether oxygens (including phenoxy) is 4. The number of benzene rings is 2. The van der Waals surface area contributed by atoms with Crippen LogP contribution in [0.4, 0.5) is 0 Å². The molecule has 3 aromatic rings. The van der Waals surface area contributed by atoms with E-state index in [1.165, 1.54) is 4.90 Å². The van der Waals surface area contributed by atoms with Crippen LogP contribution in [-0.2, 0) is 41.7 Å². The third-order valence-corrected chi connectivity index (χ3v) is 9.54. The number of aliphatic hydroxyl groups is 1. The van der Waals surface area contributed by atoms with Crippen molar-refractivity contribution in [3.63, 3.8) is 0 Å². The van der Waals surface area contributed by atoms with E-state index in [1.807, 2.05) is 81.7 Å². The van der Waals surface area contributed by atoms with Crippen molar-refractivity contribution in [1.82, 2.24) is 20.5 Å². The van der Waals surface area contributed by atoms with Gasteiger partial charge in [0.25, 0.3) is 0 Å². The molecule has 4 rings (SSSR count). The molecule has 52 heavy (non-hydrogen) atoms. The van der Waals surface area contributed by atoms with E-state index in [4.69, 9.17) is 24.7 Å². The molecule has 5 N–H and O–H groups in total. The molecular formula is C38H53N5O8S. The van der Waals surface area contributed by atoms with Gasteiger partial charge >= 0.3 is 0 Å². The van der Waals surface area contributed by atoms with Gasteiger partial charge < -0.3 is 45.3 Å². The van der Waals surface area contributed by atoms with Gasteiger partial charge in [-0.3, -0.25) is 14.4 Å². The Bertz CT molecular complexity index is 1580. The van der Waals surface area contributed by atoms with Crippen LogP contribution in [0.25, 0.3) is 10.4 Å². The van der Waals surface area contributed by atoms with Gasteiger partial charge in [0, 0.05) is 32.5 Å². The van der Waals surface area contributed by atoms with Crippen LogP contribution in [-0.4, -0.2) is 104 Å². The Labute approximate surface area is 310 Å². The summed E-state index contributed by atoms with van der Waals surface area (Å²) in [6.45, 7) is 10.7. The van der Waals surface area contributed by atoms with Gasteiger partial charge in [0.15, 0.2) is 0 Å². The molecule has 0 spiro atoms. The minimum absolute atomic E-state index is 0.00782. The number of β-amino-alcohol motifs (C(OH)–C–C–N with tert-alkyl or cyclic N) is 1. The molecule has 3 amide bonds. The molecule has 1 aromatic heterocycles. The zero-order valence-electron chi connectivity index (χ0n) is 30.6. The second kappa shape index (κ2) is 20.4. The van der Waals surface area contributed by atoms with Crippen molar-refractivity contribution in [1.29, 1.82) is 0 Å². The van der Waals surface area contributed by atoms with Crippen LogP contribution in [0.15, 0.2) is 54.0 Å². The average molecular weight is 740 g/mol. The predicted molar refractivity (Wildman–Crippen MR) is 199 cm³/mol. The number of thiazole rings is 1. The van der Waals surface area contributed by atoms with Crippen LogP contribution in [0, 0.1) is 12.3 Å². The van der Waals surface area contributed by atoms with E-state index in [9.17, 15) is 19.5 Å². The molecule has 284 valence electrons. The molecule has 1 fully saturated rings. The normalized spacial score (nSPS) is 16.5. The van der Waals surface area contributed by atoms with Crippen molar-refractivity contribution in [3.05, 3.63) is 70.9 Å². The maximum absolute atomic E-state index is 13.8. The SMILES string of the molecule is Cc1ncsc1-c1ccc(CNC(=O)[C@@H]2C[C@@H](O)CN2C(=O)[C@@H](NC(=O)CCOCCOCCOCCOc2cccc(CN)c2)C(C)(C)C)cc1. The lowest BCUT2D eigenvalue weighted by molar-refractivity contribution is -0.144. The molecule has 2 heterocycles. The summed E-state index contributed by atoms with van der Waals surface area (Å²) in [6, 6.07) is 13.7. The summed E-state index contributed by atoms with van der Waals surface area (Å²) in [5, 5.41) is 16.2. The maximum Gasteiger partial charge on any atom is 0.246 e. The number of nitrogens with one attached hydrogen (secondary N) is 2. The number of hydrogen-bond donors (Lipinski definition) is 4. The van der Waals surface area contributed by atoms with Gasteiger partial charge in [-0.25, -0.2) is 4.98 Å². The first-order chi connectivity index (χ1) is 25.0. The number of nitrogens with zero attached hydrogens (tertiary/aromatic N) is 2. The molecule has 0 aliphatic carbocycles. The molecule has 0 saturated carbocycles. The van der Waals surface area contributed by atoms with Gasteiger partial charge in [0.2, 0.25) is 17.7 Å². The van der Waals surface area contributed by atoms with Crippen molar-refractivity contribution < 1.29 is 38.4 Å². The molecule has 13 nitrogen and oxygen atoms in total. The highest BCUT2D eigenvalue weighted by Crippen LogP contribution is 2.28. The number of nitrogens with two attached hydrogens (primary N) is 1. The number of rotatable bonds is 20. The lowest BCUT2D eigenvalue weighted by Gasteiger charge is -2.35. The first kappa shape index (κ1) is 40.8. The molecular weight excluding hydrogens is 687 g/mol. The van der Waals surface area contributed by atoms with Crippen LogP contribution in [0.1, 0.15) is 50.4 Å². The molecule has 0 radical (unpaired) electrons. The van der Waals surface area contributed by atoms with E-state index < -0.39 is 29.5 Å². The first-order valence-corrected chi connectivity index (χ1v) is 18.5. The summed E-state index contributed by atoms with van der Waals surface area (Å²) in [5.41, 5.74) is 10.7. The summed E-state index contributed by atoms with van der Waals surface area (Å²) in [6.07, 6.45) is -0.683. The fraction of sp³-hybridized carbons (Fsp3) is 0.526. The third kappa shape index (κ3) is 12.6. The van der Waals surface area contributed by atoms with E-state index in [0.717, 1.165) is 33.0 Å². The van der Waals surface area contributed by atoms with Crippen molar-refractivity contribution >= 4 is 29.1 Å². The number of aliphatic hydroxyl groups excluding tert-OH is 1. The monoisotopic (exact) mass is 739 g/mol. The van der Waals surface area contributed by atoms with Gasteiger partial charge in [-0.15, -0.1) is 11.3 Å². The lowest BCUT2D eigenvalue weighted by atomic mass is 9.85. The molecule has 3 atom stereocenters. The Morgan fingerprint density at radius 3 is 2.29 bits per heavy atom. The van der Waals surface area contributed by atoms with E-state index in [2.05, 4.69) is 15.6 Å². The quantitative estimate of drug-likeness (QED) is 0.126. The molecule has 0 bridgehead atoms. The van der Waals surface area contributed by atoms with E-state index in [1.54, 1.807) is 11.3 Å². The highest BCUT2D eigenvalue weighted by atomic mass is 32.1. The zero-order chi connectivity index (χ0) is 37.5. The highest BCUT2D eigenvalue weighted by molar-refractivity contribution is 7.13. The minimum Gasteiger partial charge on any atom is -0.491 e. The second-order valence-electron chi connectivity index (χ2n) is 13.7. The Morgan fingerprint density at radius 2 is 1.65 bits per heavy atom. The van der Waals surface area contributed by atoms with Gasteiger partial charge in [-0.1, -0.05) is 57.2 Å². The Balaban J connectivity index is 1.13. The number of hydrogen-bond acceptors (Lipinski definition) is 11. The summed E-state index contributed by atoms with van der Waals surface area (Å²) in [5.74, 6) is -0.360. The standard InChI is InChI=1S/C38H53N5O8S/c1-26-34(52-25-41-26)29-10-8-27(9-11-29)23-40-36(46)32-21-30(44)24-43(32)37(47)35(38(2,3)4)42-33(45)12-13-48-14-15-49-16-17-50-18-19-51-31-7-5-6-28(20-31)22-39/h5-11,20,25,30,32,35,44H,12-19,21-24,39H2,1-4H3,(H,40,46)(H,42,45)/t30-,32+,35-/m1/s1. The first-order valence-electron chi connectivity index (χ1n) is 17.7. The van der Waals surface area contributed by atoms with Gasteiger partial charge in [-0.2, -0.15) is 0 Å². The Kier molecular flexibility index (Phi) is 16.0. The lowest BCUT2D eigenvalue weighted by Crippen LogP contribution is -2.57. The fourth-order valence-electron chi connectivity index (χ4n) is 5.70. The summed E-state index contributed by atoms with van der Waals surface area (Å²) in [4.78, 5) is 46.8. The van der Waals surface area contributed by atoms with Crippen molar-refractivity contribution in [2.24, 2.45) is 11.1 Å². The summed E-state index contributed by atoms with van der Waals surface area (Å²) < 4.78 is 22.3. The Hall–Kier alpha value is -3.92. The van der Waals surface area contributed by atoms with Gasteiger partial charge in [-0.05, 0) is 41.2 Å². The molecule has 0 unspecified atom stereocenters. The molecule has 2 aromatic carbocycles. The number of aryl methyl sites for hydroxylation is 1. The second-order valence-corrected chi connectivity index (χ2v) is 14.6. The van der Waals surface area contributed by atoms with Crippen LogP contribution >= 0.6 is 11.3 Å². The maximum atomic E-state index is 13.8. The van der Waals surface area contributed by atoms with Crippen molar-refractivity contribution in [2.45, 2.75) is 71.8 Å². The number of carbonyl (C=O) groups is 3. The van der Waals surface area contributed by atoms with Crippen molar-refractivity contribution in [3.8, 4) is 16.2 Å². The summed E-state index contributed by atoms with van der Waals surface area (Å²) >= 11 is 1.58. The minimum atomic E-state index is -0.909. The fourth-order valence-corrected chi connectivity index (χ4v) is 6.51. The van der Waals surface area contributed by atoms with Crippen molar-refractivity contribution in [2.75, 3.05) is 52.8 Å². The van der Waals surface area contributed by atoms with Gasteiger partial charge in [0.05, 0.1) is 61.8 Å². The molecule has 1 aliphatic rings. The van der Waals surface area contributed by atoms with Crippen LogP contribution in [0.5, 0.6) is 5.75 Å². The van der Waals surface area contributed by atoms with Crippen LogP contribution < -0.4 is 21.1 Å². The summed E-state index contributed by atoms with van der Waals surface area (Å²) in [7, 11) is 0. The van der Waals surface area contributed by atoms with E-state index in [0.29, 0.717) is 46.2 Å². The highest BCUT2D eigenvalue weighted by Gasteiger charge is 2.44. The zero-order valence-corrected chi connectivity index (χ0v) is 31.4.